The van der Waals surface area contributed by atoms with Crippen LogP contribution >= 0.6 is 0 Å². The van der Waals surface area contributed by atoms with Crippen LogP contribution in [-0.2, 0) is 0 Å². The van der Waals surface area contributed by atoms with E-state index in [0.29, 0.717) is 16.8 Å². The summed E-state index contributed by atoms with van der Waals surface area (Å²) in [4.78, 5) is 29.1. The molecule has 0 aliphatic rings. The van der Waals surface area contributed by atoms with E-state index in [0.717, 1.165) is 11.0 Å². The number of hydrogen-bond acceptors (Lipinski definition) is 4. The molecule has 7 nitrogen and oxygen atoms in total. The van der Waals surface area contributed by atoms with Gasteiger partial charge < -0.3 is 10.6 Å². The molecule has 0 unspecified atom stereocenters. The summed E-state index contributed by atoms with van der Waals surface area (Å²) in [6.07, 6.45) is 1.69. The van der Waals surface area contributed by atoms with Gasteiger partial charge in [-0.15, -0.1) is 0 Å². The summed E-state index contributed by atoms with van der Waals surface area (Å²) < 4.78 is 15.4. The first-order valence-electron chi connectivity index (χ1n) is 9.45. The summed E-state index contributed by atoms with van der Waals surface area (Å²) in [5, 5.41) is 10.5. The van der Waals surface area contributed by atoms with Crippen LogP contribution in [0, 0.1) is 19.7 Å². The van der Waals surface area contributed by atoms with Crippen LogP contribution in [0.2, 0.25) is 0 Å². The van der Waals surface area contributed by atoms with E-state index in [1.54, 1.807) is 38.2 Å². The number of nitrogens with zero attached hydrogens (tertiary/aromatic N) is 3. The third-order valence-corrected chi connectivity index (χ3v) is 4.62. The molecular weight excluding hydrogens is 373 g/mol. The van der Waals surface area contributed by atoms with Crippen molar-refractivity contribution in [3.63, 3.8) is 0 Å². The fraction of sp³-hybridized carbons (Fsp3) is 0.333. The molecule has 152 valence electrons. The van der Waals surface area contributed by atoms with Crippen molar-refractivity contribution in [3.8, 4) is 0 Å². The van der Waals surface area contributed by atoms with Gasteiger partial charge in [0.1, 0.15) is 5.82 Å². The predicted octanol–water partition coefficient (Wildman–Crippen LogP) is 2.93. The van der Waals surface area contributed by atoms with Gasteiger partial charge >= 0.3 is 0 Å². The predicted molar refractivity (Wildman–Crippen MR) is 108 cm³/mol. The van der Waals surface area contributed by atoms with Gasteiger partial charge in [0.15, 0.2) is 5.65 Å². The number of carbonyl (C=O) groups is 2. The molecule has 3 aromatic rings. The fourth-order valence-corrected chi connectivity index (χ4v) is 2.96. The van der Waals surface area contributed by atoms with Gasteiger partial charge in [0.2, 0.25) is 0 Å². The SMILES string of the molecule is Cc1ccc(C(=O)NCCNC(=O)c2cc3cnn(C(C)C)c3nc2C)cc1F. The molecule has 2 N–H and O–H groups in total. The molecule has 0 bridgehead atoms. The Kier molecular flexibility index (Phi) is 5.91. The number of carbonyl (C=O) groups excluding carboxylic acids is 2. The van der Waals surface area contributed by atoms with E-state index in [1.807, 2.05) is 18.5 Å². The van der Waals surface area contributed by atoms with Crippen LogP contribution in [0.5, 0.6) is 0 Å². The first-order chi connectivity index (χ1) is 13.8. The monoisotopic (exact) mass is 397 g/mol. The van der Waals surface area contributed by atoms with Crippen LogP contribution < -0.4 is 10.6 Å². The highest BCUT2D eigenvalue weighted by Crippen LogP contribution is 2.19. The molecule has 0 radical (unpaired) electrons. The van der Waals surface area contributed by atoms with Gasteiger partial charge in [0.25, 0.3) is 11.8 Å². The van der Waals surface area contributed by atoms with E-state index in [2.05, 4.69) is 20.7 Å². The highest BCUT2D eigenvalue weighted by atomic mass is 19.1. The molecule has 2 heterocycles. The van der Waals surface area contributed by atoms with Crippen molar-refractivity contribution < 1.29 is 14.0 Å². The van der Waals surface area contributed by atoms with Crippen LogP contribution in [0.15, 0.2) is 30.5 Å². The Hall–Kier alpha value is -3.29. The van der Waals surface area contributed by atoms with Gasteiger partial charge in [-0.3, -0.25) is 9.59 Å². The summed E-state index contributed by atoms with van der Waals surface area (Å²) in [7, 11) is 0. The number of aryl methyl sites for hydroxylation is 2. The van der Waals surface area contributed by atoms with Crippen LogP contribution in [0.1, 0.15) is 51.9 Å². The summed E-state index contributed by atoms with van der Waals surface area (Å²) >= 11 is 0. The number of benzene rings is 1. The number of amides is 2. The summed E-state index contributed by atoms with van der Waals surface area (Å²) in [5.41, 5.74) is 2.54. The quantitative estimate of drug-likeness (QED) is 0.626. The number of halogens is 1. The van der Waals surface area contributed by atoms with Gasteiger partial charge in [-0.05, 0) is 51.5 Å². The summed E-state index contributed by atoms with van der Waals surface area (Å²) in [6.45, 7) is 7.91. The Morgan fingerprint density at radius 1 is 1.10 bits per heavy atom. The molecule has 0 fully saturated rings. The van der Waals surface area contributed by atoms with Gasteiger partial charge in [-0.1, -0.05) is 6.07 Å². The highest BCUT2D eigenvalue weighted by molar-refractivity contribution is 5.98. The molecule has 29 heavy (non-hydrogen) atoms. The Balaban J connectivity index is 1.58. The van der Waals surface area contributed by atoms with Crippen LogP contribution in [0.4, 0.5) is 4.39 Å². The minimum atomic E-state index is -0.426. The number of rotatable bonds is 6. The Labute approximate surface area is 168 Å². The first-order valence-corrected chi connectivity index (χ1v) is 9.45. The lowest BCUT2D eigenvalue weighted by molar-refractivity contribution is 0.0927. The molecule has 2 amide bonds. The van der Waals surface area contributed by atoms with Crippen molar-refractivity contribution in [1.29, 1.82) is 0 Å². The molecule has 0 spiro atoms. The summed E-state index contributed by atoms with van der Waals surface area (Å²) in [6, 6.07) is 6.26. The van der Waals surface area contributed by atoms with E-state index >= 15 is 0 Å². The van der Waals surface area contributed by atoms with Gasteiger partial charge in [0.05, 0.1) is 17.5 Å². The minimum Gasteiger partial charge on any atom is -0.350 e. The van der Waals surface area contributed by atoms with Crippen LogP contribution in [0.25, 0.3) is 11.0 Å². The Morgan fingerprint density at radius 2 is 1.79 bits per heavy atom. The second-order valence-corrected chi connectivity index (χ2v) is 7.19. The number of nitrogens with one attached hydrogen (secondary N) is 2. The summed E-state index contributed by atoms with van der Waals surface area (Å²) in [5.74, 6) is -1.09. The lowest BCUT2D eigenvalue weighted by Crippen LogP contribution is -2.35. The first kappa shape index (κ1) is 20.4. The zero-order chi connectivity index (χ0) is 21.1. The normalized spacial score (nSPS) is 11.1. The van der Waals surface area contributed by atoms with E-state index in [4.69, 9.17) is 0 Å². The molecule has 1 aromatic carbocycles. The third-order valence-electron chi connectivity index (χ3n) is 4.62. The topological polar surface area (TPSA) is 88.9 Å². The van der Waals surface area contributed by atoms with Gasteiger partial charge in [0, 0.05) is 30.1 Å². The molecule has 2 aromatic heterocycles. The molecule has 8 heteroatoms. The Bertz CT molecular complexity index is 1070. The molecule has 0 saturated carbocycles. The number of fused-ring (bicyclic) bond motifs is 1. The maximum atomic E-state index is 13.6. The molecule has 0 aliphatic heterocycles. The maximum absolute atomic E-state index is 13.6. The fourth-order valence-electron chi connectivity index (χ4n) is 2.96. The van der Waals surface area contributed by atoms with Crippen LogP contribution in [-0.4, -0.2) is 39.7 Å². The average molecular weight is 397 g/mol. The molecule has 3 rings (SSSR count). The maximum Gasteiger partial charge on any atom is 0.253 e. The number of hydrogen-bond donors (Lipinski definition) is 2. The third kappa shape index (κ3) is 4.42. The van der Waals surface area contributed by atoms with E-state index in [1.165, 1.54) is 6.07 Å². The lowest BCUT2D eigenvalue weighted by atomic mass is 10.1. The standard InChI is InChI=1S/C21H24FN5O2/c1-12(2)27-19-16(11-25-27)9-17(14(4)26-19)21(29)24-8-7-23-20(28)15-6-5-13(3)18(22)10-15/h5-6,9-12H,7-8H2,1-4H3,(H,23,28)(H,24,29). The van der Waals surface area contributed by atoms with Crippen molar-refractivity contribution in [1.82, 2.24) is 25.4 Å². The molecule has 0 aliphatic carbocycles. The molecule has 0 saturated heterocycles. The zero-order valence-electron chi connectivity index (χ0n) is 16.9. The van der Waals surface area contributed by atoms with E-state index in [-0.39, 0.29) is 30.6 Å². The van der Waals surface area contributed by atoms with Crippen LogP contribution in [0.3, 0.4) is 0 Å². The van der Waals surface area contributed by atoms with E-state index < -0.39 is 11.7 Å². The smallest absolute Gasteiger partial charge is 0.253 e. The highest BCUT2D eigenvalue weighted by Gasteiger charge is 2.15. The largest absolute Gasteiger partial charge is 0.350 e. The van der Waals surface area contributed by atoms with Gasteiger partial charge in [-0.2, -0.15) is 5.10 Å². The minimum absolute atomic E-state index is 0.171. The average Bonchev–Trinajstić information content (AvgIpc) is 3.09. The Morgan fingerprint density at radius 3 is 2.45 bits per heavy atom. The van der Waals surface area contributed by atoms with Crippen molar-refractivity contribution >= 4 is 22.8 Å². The molecule has 0 atom stereocenters. The number of aromatic nitrogens is 3. The lowest BCUT2D eigenvalue weighted by Gasteiger charge is -2.10. The number of pyridine rings is 1. The molecular formula is C21H24FN5O2. The second-order valence-electron chi connectivity index (χ2n) is 7.19. The van der Waals surface area contributed by atoms with Crippen molar-refractivity contribution in [2.75, 3.05) is 13.1 Å². The second kappa shape index (κ2) is 8.38. The zero-order valence-corrected chi connectivity index (χ0v) is 16.9. The van der Waals surface area contributed by atoms with Crippen molar-refractivity contribution in [3.05, 3.63) is 58.7 Å². The van der Waals surface area contributed by atoms with E-state index in [9.17, 15) is 14.0 Å². The van der Waals surface area contributed by atoms with Crippen molar-refractivity contribution in [2.45, 2.75) is 33.7 Å². The van der Waals surface area contributed by atoms with Gasteiger partial charge in [-0.25, -0.2) is 14.1 Å². The van der Waals surface area contributed by atoms with Crippen molar-refractivity contribution in [2.24, 2.45) is 0 Å².